The molecule has 0 radical (unpaired) electrons. The molecule has 0 spiro atoms. The molecule has 0 fully saturated rings. The Morgan fingerprint density at radius 3 is 2.58 bits per heavy atom. The minimum absolute atomic E-state index is 0.00860. The Labute approximate surface area is 139 Å². The molecule has 0 aliphatic carbocycles. The third kappa shape index (κ3) is 3.27. The van der Waals surface area contributed by atoms with E-state index < -0.39 is 0 Å². The first-order chi connectivity index (χ1) is 11.6. The number of anilines is 2. The number of carbonyl (C=O) groups is 3. The summed E-state index contributed by atoms with van der Waals surface area (Å²) < 4.78 is 0. The number of aryl methyl sites for hydroxylation is 1. The molecular weight excluding hydrogens is 306 g/mol. The Morgan fingerprint density at radius 1 is 1.00 bits per heavy atom. The van der Waals surface area contributed by atoms with Crippen LogP contribution >= 0.6 is 0 Å². The van der Waals surface area contributed by atoms with E-state index in [9.17, 15) is 14.4 Å². The van der Waals surface area contributed by atoms with Gasteiger partial charge in [-0.1, -0.05) is 6.07 Å². The van der Waals surface area contributed by atoms with Crippen LogP contribution in [0.4, 0.5) is 11.4 Å². The summed E-state index contributed by atoms with van der Waals surface area (Å²) in [6.07, 6.45) is 1.04. The van der Waals surface area contributed by atoms with E-state index in [0.717, 1.165) is 11.3 Å². The summed E-state index contributed by atoms with van der Waals surface area (Å²) in [6, 6.07) is 11.9. The van der Waals surface area contributed by atoms with Crippen molar-refractivity contribution in [3.63, 3.8) is 0 Å². The second-order valence-corrected chi connectivity index (χ2v) is 5.53. The molecule has 0 unspecified atom stereocenters. The number of amides is 3. The van der Waals surface area contributed by atoms with Crippen LogP contribution in [0.2, 0.25) is 0 Å². The highest BCUT2D eigenvalue weighted by Crippen LogP contribution is 2.24. The highest BCUT2D eigenvalue weighted by molar-refractivity contribution is 6.06. The molecule has 2 aromatic carbocycles. The van der Waals surface area contributed by atoms with Gasteiger partial charge in [0.2, 0.25) is 5.91 Å². The zero-order valence-corrected chi connectivity index (χ0v) is 13.2. The number of rotatable bonds is 3. The molecule has 0 saturated heterocycles. The average molecular weight is 323 g/mol. The van der Waals surface area contributed by atoms with Crippen LogP contribution in [0, 0.1) is 0 Å². The zero-order valence-electron chi connectivity index (χ0n) is 13.2. The normalized spacial score (nSPS) is 12.8. The molecule has 3 amide bonds. The molecule has 1 heterocycles. The average Bonchev–Trinajstić information content (AvgIpc) is 2.60. The van der Waals surface area contributed by atoms with Gasteiger partial charge >= 0.3 is 0 Å². The van der Waals surface area contributed by atoms with Crippen molar-refractivity contribution in [3.8, 4) is 0 Å². The summed E-state index contributed by atoms with van der Waals surface area (Å²) in [5.41, 5.74) is 3.23. The lowest BCUT2D eigenvalue weighted by Crippen LogP contribution is -2.20. The molecule has 0 atom stereocenters. The standard InChI is InChI=1S/C18H17N3O3/c1-19-17(23)12-3-2-4-14(10-12)20-18(24)13-5-7-15-11(9-13)6-8-16(22)21-15/h2-5,7,9-10H,6,8H2,1H3,(H,19,23)(H,20,24)(H,21,22). The number of hydrogen-bond acceptors (Lipinski definition) is 3. The minimum atomic E-state index is -0.260. The summed E-state index contributed by atoms with van der Waals surface area (Å²) in [7, 11) is 1.56. The lowest BCUT2D eigenvalue weighted by molar-refractivity contribution is -0.116. The van der Waals surface area contributed by atoms with Gasteiger partial charge in [0.15, 0.2) is 0 Å². The predicted octanol–water partition coefficient (Wildman–Crippen LogP) is 2.18. The Hall–Kier alpha value is -3.15. The lowest BCUT2D eigenvalue weighted by Gasteiger charge is -2.17. The van der Waals surface area contributed by atoms with E-state index in [2.05, 4.69) is 16.0 Å². The summed E-state index contributed by atoms with van der Waals surface area (Å²) in [5, 5.41) is 8.12. The number of hydrogen-bond donors (Lipinski definition) is 3. The van der Waals surface area contributed by atoms with Gasteiger partial charge in [0.05, 0.1) is 0 Å². The van der Waals surface area contributed by atoms with Crippen molar-refractivity contribution < 1.29 is 14.4 Å². The number of fused-ring (bicyclic) bond motifs is 1. The predicted molar refractivity (Wildman–Crippen MR) is 91.2 cm³/mol. The van der Waals surface area contributed by atoms with E-state index in [1.54, 1.807) is 49.5 Å². The molecule has 6 nitrogen and oxygen atoms in total. The maximum absolute atomic E-state index is 12.4. The van der Waals surface area contributed by atoms with Crippen LogP contribution in [0.1, 0.15) is 32.7 Å². The van der Waals surface area contributed by atoms with Crippen LogP contribution in [0.15, 0.2) is 42.5 Å². The summed E-state index contributed by atoms with van der Waals surface area (Å²) >= 11 is 0. The first kappa shape index (κ1) is 15.7. The van der Waals surface area contributed by atoms with Crippen molar-refractivity contribution in [3.05, 3.63) is 59.2 Å². The smallest absolute Gasteiger partial charge is 0.255 e. The molecule has 0 bridgehead atoms. The molecule has 1 aliphatic heterocycles. The third-order valence-electron chi connectivity index (χ3n) is 3.87. The van der Waals surface area contributed by atoms with Crippen LogP contribution in [0.3, 0.4) is 0 Å². The van der Waals surface area contributed by atoms with Crippen LogP contribution in [-0.2, 0) is 11.2 Å². The summed E-state index contributed by atoms with van der Waals surface area (Å²) in [6.45, 7) is 0. The maximum Gasteiger partial charge on any atom is 0.255 e. The van der Waals surface area contributed by atoms with Crippen LogP contribution < -0.4 is 16.0 Å². The monoisotopic (exact) mass is 323 g/mol. The summed E-state index contributed by atoms with van der Waals surface area (Å²) in [5.74, 6) is -0.481. The topological polar surface area (TPSA) is 87.3 Å². The second-order valence-electron chi connectivity index (χ2n) is 5.53. The van der Waals surface area contributed by atoms with Gasteiger partial charge < -0.3 is 16.0 Å². The van der Waals surface area contributed by atoms with E-state index in [1.807, 2.05) is 0 Å². The van der Waals surface area contributed by atoms with E-state index in [4.69, 9.17) is 0 Å². The molecule has 3 rings (SSSR count). The van der Waals surface area contributed by atoms with E-state index in [0.29, 0.717) is 29.7 Å². The van der Waals surface area contributed by atoms with Crippen LogP contribution in [0.5, 0.6) is 0 Å². The van der Waals surface area contributed by atoms with Gasteiger partial charge in [0.25, 0.3) is 11.8 Å². The summed E-state index contributed by atoms with van der Waals surface area (Å²) in [4.78, 5) is 35.4. The van der Waals surface area contributed by atoms with E-state index >= 15 is 0 Å². The number of nitrogens with one attached hydrogen (secondary N) is 3. The van der Waals surface area contributed by atoms with Gasteiger partial charge in [-0.05, 0) is 48.4 Å². The number of benzene rings is 2. The maximum atomic E-state index is 12.4. The molecule has 3 N–H and O–H groups in total. The SMILES string of the molecule is CNC(=O)c1cccc(NC(=O)c2ccc3c(c2)CCC(=O)N3)c1. The first-order valence-corrected chi connectivity index (χ1v) is 7.63. The number of carbonyl (C=O) groups excluding carboxylic acids is 3. The van der Waals surface area contributed by atoms with Gasteiger partial charge in [-0.25, -0.2) is 0 Å². The van der Waals surface area contributed by atoms with Gasteiger partial charge in [-0.15, -0.1) is 0 Å². The van der Waals surface area contributed by atoms with E-state index in [1.165, 1.54) is 0 Å². The zero-order chi connectivity index (χ0) is 17.1. The lowest BCUT2D eigenvalue weighted by atomic mass is 10.00. The fourth-order valence-corrected chi connectivity index (χ4v) is 2.61. The van der Waals surface area contributed by atoms with Crippen molar-refractivity contribution in [2.75, 3.05) is 17.7 Å². The molecule has 0 aromatic heterocycles. The third-order valence-corrected chi connectivity index (χ3v) is 3.87. The fraction of sp³-hybridized carbons (Fsp3) is 0.167. The highest BCUT2D eigenvalue weighted by Gasteiger charge is 2.17. The van der Waals surface area contributed by atoms with Gasteiger partial charge in [0.1, 0.15) is 0 Å². The first-order valence-electron chi connectivity index (χ1n) is 7.63. The van der Waals surface area contributed by atoms with Gasteiger partial charge in [-0.3, -0.25) is 14.4 Å². The molecule has 6 heteroatoms. The molecule has 122 valence electrons. The van der Waals surface area contributed by atoms with Crippen molar-refractivity contribution in [2.45, 2.75) is 12.8 Å². The highest BCUT2D eigenvalue weighted by atomic mass is 16.2. The Kier molecular flexibility index (Phi) is 4.29. The Morgan fingerprint density at radius 2 is 1.79 bits per heavy atom. The second kappa shape index (κ2) is 6.54. The van der Waals surface area contributed by atoms with Crippen LogP contribution in [0.25, 0.3) is 0 Å². The quantitative estimate of drug-likeness (QED) is 0.809. The Balaban J connectivity index is 1.78. The van der Waals surface area contributed by atoms with Crippen LogP contribution in [-0.4, -0.2) is 24.8 Å². The van der Waals surface area contributed by atoms with Crippen molar-refractivity contribution in [2.24, 2.45) is 0 Å². The largest absolute Gasteiger partial charge is 0.355 e. The molecular formula is C18H17N3O3. The van der Waals surface area contributed by atoms with E-state index in [-0.39, 0.29) is 17.7 Å². The van der Waals surface area contributed by atoms with Gasteiger partial charge in [0, 0.05) is 36.0 Å². The molecule has 24 heavy (non-hydrogen) atoms. The molecule has 1 aliphatic rings. The fourth-order valence-electron chi connectivity index (χ4n) is 2.61. The van der Waals surface area contributed by atoms with Crippen molar-refractivity contribution >= 4 is 29.1 Å². The molecule has 0 saturated carbocycles. The van der Waals surface area contributed by atoms with Gasteiger partial charge in [-0.2, -0.15) is 0 Å². The minimum Gasteiger partial charge on any atom is -0.355 e. The van der Waals surface area contributed by atoms with Crippen molar-refractivity contribution in [1.29, 1.82) is 0 Å². The Bertz CT molecular complexity index is 830. The molecule has 2 aromatic rings. The van der Waals surface area contributed by atoms with Crippen molar-refractivity contribution in [1.82, 2.24) is 5.32 Å².